The number of rotatable bonds is 2. The van der Waals surface area contributed by atoms with E-state index in [1.54, 1.807) is 0 Å². The highest BCUT2D eigenvalue weighted by Gasteiger charge is 2.24. The van der Waals surface area contributed by atoms with Crippen LogP contribution in [0.4, 0.5) is 5.69 Å². The zero-order valence-electron chi connectivity index (χ0n) is 9.60. The number of aromatic carboxylic acids is 1. The molecule has 1 N–H and O–H groups in total. The monoisotopic (exact) mass is 220 g/mol. The van der Waals surface area contributed by atoms with E-state index in [0.29, 0.717) is 11.6 Å². The van der Waals surface area contributed by atoms with Crippen LogP contribution in [0.1, 0.15) is 35.8 Å². The third-order valence-electron chi connectivity index (χ3n) is 3.11. The number of nitrogens with zero attached hydrogens (tertiary/aromatic N) is 2. The topological polar surface area (TPSA) is 53.4 Å². The Bertz CT molecular complexity index is 417. The van der Waals surface area contributed by atoms with Gasteiger partial charge >= 0.3 is 5.97 Å². The minimum Gasteiger partial charge on any atom is -0.478 e. The summed E-state index contributed by atoms with van der Waals surface area (Å²) >= 11 is 0. The van der Waals surface area contributed by atoms with E-state index < -0.39 is 5.97 Å². The number of carboxylic acid groups (broad SMARTS) is 1. The average Bonchev–Trinajstić information content (AvgIpc) is 2.63. The van der Waals surface area contributed by atoms with E-state index in [9.17, 15) is 4.79 Å². The zero-order valence-corrected chi connectivity index (χ0v) is 9.60. The molecule has 1 aliphatic rings. The normalized spacial score (nSPS) is 20.1. The minimum absolute atomic E-state index is 0.305. The molecule has 86 valence electrons. The van der Waals surface area contributed by atoms with Crippen LogP contribution in [0.25, 0.3) is 0 Å². The molecule has 0 amide bonds. The Kier molecular flexibility index (Phi) is 2.81. The number of pyridine rings is 1. The Balaban J connectivity index is 2.44. The maximum atomic E-state index is 11.1. The molecule has 4 heteroatoms. The maximum Gasteiger partial charge on any atom is 0.339 e. The summed E-state index contributed by atoms with van der Waals surface area (Å²) in [4.78, 5) is 17.3. The number of aryl methyl sites for hydroxylation is 1. The molecule has 1 fully saturated rings. The van der Waals surface area contributed by atoms with Gasteiger partial charge in [-0.25, -0.2) is 4.79 Å². The molecule has 4 nitrogen and oxygen atoms in total. The van der Waals surface area contributed by atoms with Crippen molar-refractivity contribution in [3.8, 4) is 0 Å². The second-order valence-electron chi connectivity index (χ2n) is 4.33. The maximum absolute atomic E-state index is 11.1. The van der Waals surface area contributed by atoms with Crippen LogP contribution in [0.3, 0.4) is 0 Å². The molecule has 1 unspecified atom stereocenters. The lowest BCUT2D eigenvalue weighted by Gasteiger charge is -2.25. The number of carboxylic acids is 1. The summed E-state index contributed by atoms with van der Waals surface area (Å²) in [5, 5.41) is 9.14. The molecule has 1 atom stereocenters. The van der Waals surface area contributed by atoms with Crippen molar-refractivity contribution < 1.29 is 9.90 Å². The highest BCUT2D eigenvalue weighted by atomic mass is 16.4. The summed E-state index contributed by atoms with van der Waals surface area (Å²) in [6.45, 7) is 4.95. The zero-order chi connectivity index (χ0) is 11.7. The van der Waals surface area contributed by atoms with E-state index >= 15 is 0 Å². The van der Waals surface area contributed by atoms with E-state index in [2.05, 4.69) is 16.8 Å². The number of aromatic nitrogens is 1. The molecule has 1 saturated heterocycles. The van der Waals surface area contributed by atoms with E-state index in [4.69, 9.17) is 5.11 Å². The average molecular weight is 220 g/mol. The second-order valence-corrected chi connectivity index (χ2v) is 4.33. The lowest BCUT2D eigenvalue weighted by atomic mass is 10.1. The molecular weight excluding hydrogens is 204 g/mol. The van der Waals surface area contributed by atoms with Crippen molar-refractivity contribution in [1.29, 1.82) is 0 Å². The van der Waals surface area contributed by atoms with Gasteiger partial charge in [0.15, 0.2) is 0 Å². The van der Waals surface area contributed by atoms with Crippen LogP contribution >= 0.6 is 0 Å². The SMILES string of the molecule is Cc1cc(N2CCCC2C)c(C(=O)O)cn1. The standard InChI is InChI=1S/C12H16N2O2/c1-8-6-11(10(7-13-8)12(15)16)14-5-3-4-9(14)2/h6-7,9H,3-5H2,1-2H3,(H,15,16). The Morgan fingerprint density at radius 3 is 2.94 bits per heavy atom. The molecule has 0 spiro atoms. The predicted octanol–water partition coefficient (Wildman–Crippen LogP) is 2.08. The van der Waals surface area contributed by atoms with Gasteiger partial charge in [0.25, 0.3) is 0 Å². The summed E-state index contributed by atoms with van der Waals surface area (Å²) in [6, 6.07) is 2.28. The first-order valence-electron chi connectivity index (χ1n) is 5.56. The van der Waals surface area contributed by atoms with Crippen LogP contribution in [0.15, 0.2) is 12.3 Å². The van der Waals surface area contributed by atoms with Crippen LogP contribution in [-0.2, 0) is 0 Å². The second kappa shape index (κ2) is 4.12. The van der Waals surface area contributed by atoms with Gasteiger partial charge in [-0.15, -0.1) is 0 Å². The smallest absolute Gasteiger partial charge is 0.339 e. The summed E-state index contributed by atoms with van der Waals surface area (Å²) in [5.74, 6) is -0.901. The molecule has 0 saturated carbocycles. The fourth-order valence-electron chi connectivity index (χ4n) is 2.24. The van der Waals surface area contributed by atoms with E-state index in [0.717, 1.165) is 30.8 Å². The minimum atomic E-state index is -0.901. The van der Waals surface area contributed by atoms with Crippen molar-refractivity contribution in [2.24, 2.45) is 0 Å². The van der Waals surface area contributed by atoms with Crippen molar-refractivity contribution in [3.63, 3.8) is 0 Å². The van der Waals surface area contributed by atoms with Gasteiger partial charge in [0, 0.05) is 24.5 Å². The lowest BCUT2D eigenvalue weighted by molar-refractivity contribution is 0.0697. The summed E-state index contributed by atoms with van der Waals surface area (Å²) in [7, 11) is 0. The van der Waals surface area contributed by atoms with Crippen molar-refractivity contribution >= 4 is 11.7 Å². The Hall–Kier alpha value is -1.58. The van der Waals surface area contributed by atoms with Crippen LogP contribution in [0, 0.1) is 6.92 Å². The van der Waals surface area contributed by atoms with Crippen molar-refractivity contribution in [3.05, 3.63) is 23.5 Å². The van der Waals surface area contributed by atoms with Crippen molar-refractivity contribution in [2.75, 3.05) is 11.4 Å². The van der Waals surface area contributed by atoms with Gasteiger partial charge in [-0.3, -0.25) is 4.98 Å². The number of carbonyl (C=O) groups is 1. The van der Waals surface area contributed by atoms with Gasteiger partial charge in [0.05, 0.1) is 5.69 Å². The molecule has 2 heterocycles. The van der Waals surface area contributed by atoms with E-state index in [1.807, 2.05) is 13.0 Å². The molecule has 1 aliphatic heterocycles. The quantitative estimate of drug-likeness (QED) is 0.829. The van der Waals surface area contributed by atoms with Gasteiger partial charge < -0.3 is 10.0 Å². The van der Waals surface area contributed by atoms with Gasteiger partial charge in [-0.1, -0.05) is 0 Å². The highest BCUT2D eigenvalue weighted by Crippen LogP contribution is 2.28. The summed E-state index contributed by atoms with van der Waals surface area (Å²) < 4.78 is 0. The molecule has 0 aliphatic carbocycles. The first kappa shape index (κ1) is 10.9. The molecule has 0 bridgehead atoms. The third kappa shape index (κ3) is 1.87. The van der Waals surface area contributed by atoms with Crippen molar-refractivity contribution in [1.82, 2.24) is 4.98 Å². The number of hydrogen-bond acceptors (Lipinski definition) is 3. The first-order chi connectivity index (χ1) is 7.59. The predicted molar refractivity (Wildman–Crippen MR) is 62.0 cm³/mol. The number of anilines is 1. The van der Waals surface area contributed by atoms with Gasteiger partial charge in [-0.2, -0.15) is 0 Å². The first-order valence-corrected chi connectivity index (χ1v) is 5.56. The fraction of sp³-hybridized carbons (Fsp3) is 0.500. The van der Waals surface area contributed by atoms with Gasteiger partial charge in [0.2, 0.25) is 0 Å². The third-order valence-corrected chi connectivity index (χ3v) is 3.11. The Morgan fingerprint density at radius 1 is 1.62 bits per heavy atom. The largest absolute Gasteiger partial charge is 0.478 e. The molecule has 1 aromatic rings. The molecule has 2 rings (SSSR count). The van der Waals surface area contributed by atoms with Gasteiger partial charge in [0.1, 0.15) is 5.56 Å². The molecule has 1 aromatic heterocycles. The molecule has 0 radical (unpaired) electrons. The van der Waals surface area contributed by atoms with Crippen LogP contribution < -0.4 is 4.90 Å². The molecule has 0 aromatic carbocycles. The van der Waals surface area contributed by atoms with E-state index in [-0.39, 0.29) is 0 Å². The molecular formula is C12H16N2O2. The van der Waals surface area contributed by atoms with E-state index in [1.165, 1.54) is 6.20 Å². The summed E-state index contributed by atoms with van der Waals surface area (Å²) in [6.07, 6.45) is 3.71. The Labute approximate surface area is 94.9 Å². The molecule has 16 heavy (non-hydrogen) atoms. The van der Waals surface area contributed by atoms with Crippen LogP contribution in [-0.4, -0.2) is 28.6 Å². The van der Waals surface area contributed by atoms with Crippen LogP contribution in [0.2, 0.25) is 0 Å². The van der Waals surface area contributed by atoms with Gasteiger partial charge in [-0.05, 0) is 32.8 Å². The fourth-order valence-corrected chi connectivity index (χ4v) is 2.24. The summed E-state index contributed by atoms with van der Waals surface area (Å²) in [5.41, 5.74) is 1.98. The van der Waals surface area contributed by atoms with Crippen LogP contribution in [0.5, 0.6) is 0 Å². The highest BCUT2D eigenvalue weighted by molar-refractivity contribution is 5.94. The Morgan fingerprint density at radius 2 is 2.38 bits per heavy atom. The lowest BCUT2D eigenvalue weighted by Crippen LogP contribution is -2.28. The number of hydrogen-bond donors (Lipinski definition) is 1. The van der Waals surface area contributed by atoms with Crippen molar-refractivity contribution in [2.45, 2.75) is 32.7 Å².